The lowest BCUT2D eigenvalue weighted by Crippen LogP contribution is -2.50. The molecule has 2 rings (SSSR count). The molecule has 112 valence electrons. The van der Waals surface area contributed by atoms with Crippen molar-refractivity contribution in [3.05, 3.63) is 71.8 Å². The van der Waals surface area contributed by atoms with Gasteiger partial charge in [0.25, 0.3) is 0 Å². The van der Waals surface area contributed by atoms with E-state index in [1.54, 1.807) is 0 Å². The summed E-state index contributed by atoms with van der Waals surface area (Å²) in [6.45, 7) is 1.61. The molecule has 1 atom stereocenters. The van der Waals surface area contributed by atoms with Crippen LogP contribution in [0.4, 0.5) is 0 Å². The fourth-order valence-electron chi connectivity index (χ4n) is 2.35. The summed E-state index contributed by atoms with van der Waals surface area (Å²) in [6.07, 6.45) is 0.806. The van der Waals surface area contributed by atoms with E-state index < -0.39 is 5.54 Å². The molecule has 0 radical (unpaired) electrons. The predicted octanol–water partition coefficient (Wildman–Crippen LogP) is 2.30. The predicted molar refractivity (Wildman–Crippen MR) is 85.0 cm³/mol. The Balaban J connectivity index is 2.23. The molecule has 0 aromatic heterocycles. The van der Waals surface area contributed by atoms with E-state index in [0.29, 0.717) is 0 Å². The number of nitrogens with one attached hydrogen (secondary N) is 1. The van der Waals surface area contributed by atoms with E-state index in [1.165, 1.54) is 5.56 Å². The maximum absolute atomic E-state index is 9.52. The first-order chi connectivity index (χ1) is 10.2. The number of hydrogen-bond acceptors (Lipinski definition) is 3. The monoisotopic (exact) mass is 285 g/mol. The van der Waals surface area contributed by atoms with Crippen LogP contribution >= 0.6 is 0 Å². The fourth-order valence-corrected chi connectivity index (χ4v) is 2.35. The summed E-state index contributed by atoms with van der Waals surface area (Å²) in [5.74, 6) is 0. The highest BCUT2D eigenvalue weighted by atomic mass is 16.3. The van der Waals surface area contributed by atoms with Crippen molar-refractivity contribution in [2.45, 2.75) is 24.9 Å². The summed E-state index contributed by atoms with van der Waals surface area (Å²) in [5, 5.41) is 22.4. The molecule has 0 heterocycles. The number of rotatable bonds is 7. The highest BCUT2D eigenvalue weighted by molar-refractivity contribution is 5.24. The van der Waals surface area contributed by atoms with E-state index in [9.17, 15) is 10.2 Å². The summed E-state index contributed by atoms with van der Waals surface area (Å²) < 4.78 is 0. The summed E-state index contributed by atoms with van der Waals surface area (Å²) in [4.78, 5) is 0. The first kappa shape index (κ1) is 15.7. The average molecular weight is 285 g/mol. The molecule has 2 aromatic carbocycles. The van der Waals surface area contributed by atoms with Crippen molar-refractivity contribution in [1.82, 2.24) is 5.32 Å². The second-order valence-corrected chi connectivity index (χ2v) is 5.67. The van der Waals surface area contributed by atoms with Gasteiger partial charge in [-0.25, -0.2) is 0 Å². The van der Waals surface area contributed by atoms with Gasteiger partial charge in [0.2, 0.25) is 0 Å². The molecule has 0 aliphatic carbocycles. The number of benzene rings is 2. The molecule has 0 spiro atoms. The Kier molecular flexibility index (Phi) is 5.51. The van der Waals surface area contributed by atoms with Gasteiger partial charge in [-0.15, -0.1) is 0 Å². The minimum Gasteiger partial charge on any atom is -0.394 e. The SMILES string of the molecule is CC(CO)(CO)NC(Cc1ccccc1)c1ccccc1. The van der Waals surface area contributed by atoms with Crippen LogP contribution < -0.4 is 5.32 Å². The summed E-state index contributed by atoms with van der Waals surface area (Å²) >= 11 is 0. The van der Waals surface area contributed by atoms with Gasteiger partial charge in [-0.2, -0.15) is 0 Å². The molecule has 0 aliphatic heterocycles. The zero-order valence-electron chi connectivity index (χ0n) is 12.4. The lowest BCUT2D eigenvalue weighted by atomic mass is 9.95. The van der Waals surface area contributed by atoms with Crippen LogP contribution in [0, 0.1) is 0 Å². The van der Waals surface area contributed by atoms with Crippen LogP contribution in [0.25, 0.3) is 0 Å². The Hall–Kier alpha value is -1.68. The molecule has 0 saturated heterocycles. The smallest absolute Gasteiger partial charge is 0.0633 e. The van der Waals surface area contributed by atoms with Crippen molar-refractivity contribution in [2.75, 3.05) is 13.2 Å². The fraction of sp³-hybridized carbons (Fsp3) is 0.333. The standard InChI is InChI=1S/C18H23NO2/c1-18(13-20,14-21)19-17(16-10-6-3-7-11-16)12-15-8-4-2-5-9-15/h2-11,17,19-21H,12-14H2,1H3. The van der Waals surface area contributed by atoms with E-state index in [2.05, 4.69) is 29.6 Å². The van der Waals surface area contributed by atoms with Crippen molar-refractivity contribution in [3.63, 3.8) is 0 Å². The van der Waals surface area contributed by atoms with Crippen LogP contribution in [0.3, 0.4) is 0 Å². The van der Waals surface area contributed by atoms with Gasteiger partial charge in [-0.3, -0.25) is 0 Å². The Labute approximate surface area is 126 Å². The molecule has 3 N–H and O–H groups in total. The molecule has 0 saturated carbocycles. The number of aliphatic hydroxyl groups is 2. The molecule has 0 bridgehead atoms. The highest BCUT2D eigenvalue weighted by Gasteiger charge is 2.26. The Bertz CT molecular complexity index is 523. The average Bonchev–Trinajstić information content (AvgIpc) is 2.56. The van der Waals surface area contributed by atoms with Crippen molar-refractivity contribution in [2.24, 2.45) is 0 Å². The van der Waals surface area contributed by atoms with Gasteiger partial charge in [-0.1, -0.05) is 60.7 Å². The number of aliphatic hydroxyl groups excluding tert-OH is 2. The van der Waals surface area contributed by atoms with Crippen molar-refractivity contribution in [1.29, 1.82) is 0 Å². The molecular weight excluding hydrogens is 262 g/mol. The van der Waals surface area contributed by atoms with Crippen LogP contribution in [0.2, 0.25) is 0 Å². The third-order valence-corrected chi connectivity index (χ3v) is 3.71. The largest absolute Gasteiger partial charge is 0.394 e. The maximum atomic E-state index is 9.52. The minimum atomic E-state index is -0.699. The minimum absolute atomic E-state index is 0.0397. The van der Waals surface area contributed by atoms with Gasteiger partial charge in [0, 0.05) is 6.04 Å². The third-order valence-electron chi connectivity index (χ3n) is 3.71. The molecule has 0 fully saturated rings. The van der Waals surface area contributed by atoms with Crippen molar-refractivity contribution in [3.8, 4) is 0 Å². The summed E-state index contributed by atoms with van der Waals surface area (Å²) in [7, 11) is 0. The van der Waals surface area contributed by atoms with Gasteiger partial charge in [-0.05, 0) is 24.5 Å². The van der Waals surface area contributed by atoms with E-state index in [-0.39, 0.29) is 19.3 Å². The molecule has 3 heteroatoms. The molecular formula is C18H23NO2. The van der Waals surface area contributed by atoms with Crippen LogP contribution in [-0.4, -0.2) is 29.0 Å². The molecule has 0 amide bonds. The highest BCUT2D eigenvalue weighted by Crippen LogP contribution is 2.21. The van der Waals surface area contributed by atoms with E-state index >= 15 is 0 Å². The first-order valence-corrected chi connectivity index (χ1v) is 7.25. The van der Waals surface area contributed by atoms with E-state index in [1.807, 2.05) is 43.3 Å². The molecule has 1 unspecified atom stereocenters. The zero-order valence-corrected chi connectivity index (χ0v) is 12.4. The normalized spacial score (nSPS) is 13.1. The van der Waals surface area contributed by atoms with Crippen LogP contribution in [0.5, 0.6) is 0 Å². The van der Waals surface area contributed by atoms with Crippen molar-refractivity contribution >= 4 is 0 Å². The van der Waals surface area contributed by atoms with E-state index in [4.69, 9.17) is 0 Å². The topological polar surface area (TPSA) is 52.5 Å². The molecule has 2 aromatic rings. The van der Waals surface area contributed by atoms with Gasteiger partial charge in [0.05, 0.1) is 18.8 Å². The van der Waals surface area contributed by atoms with Gasteiger partial charge < -0.3 is 15.5 Å². The second-order valence-electron chi connectivity index (χ2n) is 5.67. The van der Waals surface area contributed by atoms with E-state index in [0.717, 1.165) is 12.0 Å². The Morgan fingerprint density at radius 2 is 1.43 bits per heavy atom. The van der Waals surface area contributed by atoms with Crippen LogP contribution in [0.1, 0.15) is 24.1 Å². The third kappa shape index (κ3) is 4.39. The molecule has 0 aliphatic rings. The first-order valence-electron chi connectivity index (χ1n) is 7.25. The number of hydrogen-bond donors (Lipinski definition) is 3. The van der Waals surface area contributed by atoms with Gasteiger partial charge in [0.1, 0.15) is 0 Å². The molecule has 3 nitrogen and oxygen atoms in total. The lowest BCUT2D eigenvalue weighted by molar-refractivity contribution is 0.0937. The summed E-state index contributed by atoms with van der Waals surface area (Å²) in [5.41, 5.74) is 1.67. The summed E-state index contributed by atoms with van der Waals surface area (Å²) in [6, 6.07) is 20.4. The van der Waals surface area contributed by atoms with Crippen LogP contribution in [-0.2, 0) is 6.42 Å². The van der Waals surface area contributed by atoms with Gasteiger partial charge >= 0.3 is 0 Å². The quantitative estimate of drug-likeness (QED) is 0.731. The molecule has 21 heavy (non-hydrogen) atoms. The maximum Gasteiger partial charge on any atom is 0.0633 e. The van der Waals surface area contributed by atoms with Crippen LogP contribution in [0.15, 0.2) is 60.7 Å². The Morgan fingerprint density at radius 3 is 1.95 bits per heavy atom. The Morgan fingerprint density at radius 1 is 0.905 bits per heavy atom. The zero-order chi connectivity index (χ0) is 15.1. The van der Waals surface area contributed by atoms with Gasteiger partial charge in [0.15, 0.2) is 0 Å². The lowest BCUT2D eigenvalue weighted by Gasteiger charge is -2.32. The second kappa shape index (κ2) is 7.36. The van der Waals surface area contributed by atoms with Crippen molar-refractivity contribution < 1.29 is 10.2 Å².